The SMILES string of the molecule is CCOC(=O)c1c[nH]cc1-c1cccc(OC)c1. The summed E-state index contributed by atoms with van der Waals surface area (Å²) >= 11 is 0. The summed E-state index contributed by atoms with van der Waals surface area (Å²) < 4.78 is 10.2. The molecule has 1 heterocycles. The van der Waals surface area contributed by atoms with Crippen molar-refractivity contribution < 1.29 is 14.3 Å². The Balaban J connectivity index is 2.38. The predicted octanol–water partition coefficient (Wildman–Crippen LogP) is 2.87. The first-order chi connectivity index (χ1) is 8.76. The van der Waals surface area contributed by atoms with Crippen molar-refractivity contribution in [2.45, 2.75) is 6.92 Å². The average Bonchev–Trinajstić information content (AvgIpc) is 2.88. The molecular weight excluding hydrogens is 230 g/mol. The van der Waals surface area contributed by atoms with Gasteiger partial charge in [-0.2, -0.15) is 0 Å². The Morgan fingerprint density at radius 1 is 1.33 bits per heavy atom. The monoisotopic (exact) mass is 245 g/mol. The van der Waals surface area contributed by atoms with Crippen molar-refractivity contribution in [3.05, 3.63) is 42.2 Å². The standard InChI is InChI=1S/C14H15NO3/c1-3-18-14(16)13-9-15-8-12(13)10-5-4-6-11(7-10)17-2/h4-9,15H,3H2,1-2H3. The summed E-state index contributed by atoms with van der Waals surface area (Å²) in [7, 11) is 1.61. The average molecular weight is 245 g/mol. The third-order valence-electron chi connectivity index (χ3n) is 2.62. The molecule has 0 amide bonds. The van der Waals surface area contributed by atoms with E-state index >= 15 is 0 Å². The molecule has 0 bridgehead atoms. The summed E-state index contributed by atoms with van der Waals surface area (Å²) in [5.41, 5.74) is 2.26. The molecule has 2 rings (SSSR count). The Kier molecular flexibility index (Phi) is 3.67. The summed E-state index contributed by atoms with van der Waals surface area (Å²) in [4.78, 5) is 14.7. The molecule has 0 radical (unpaired) electrons. The van der Waals surface area contributed by atoms with Gasteiger partial charge in [-0.3, -0.25) is 0 Å². The van der Waals surface area contributed by atoms with Crippen LogP contribution in [0.5, 0.6) is 5.75 Å². The molecule has 18 heavy (non-hydrogen) atoms. The lowest BCUT2D eigenvalue weighted by atomic mass is 10.0. The van der Waals surface area contributed by atoms with Crippen LogP contribution in [0.3, 0.4) is 0 Å². The van der Waals surface area contributed by atoms with Gasteiger partial charge in [-0.1, -0.05) is 12.1 Å². The summed E-state index contributed by atoms with van der Waals surface area (Å²) in [6.45, 7) is 2.15. The van der Waals surface area contributed by atoms with Gasteiger partial charge in [0.1, 0.15) is 5.75 Å². The lowest BCUT2D eigenvalue weighted by Crippen LogP contribution is -2.04. The first-order valence-electron chi connectivity index (χ1n) is 5.74. The van der Waals surface area contributed by atoms with Gasteiger partial charge in [0.2, 0.25) is 0 Å². The fraction of sp³-hybridized carbons (Fsp3) is 0.214. The number of aromatic amines is 1. The van der Waals surface area contributed by atoms with E-state index in [4.69, 9.17) is 9.47 Å². The van der Waals surface area contributed by atoms with Gasteiger partial charge in [0.15, 0.2) is 0 Å². The van der Waals surface area contributed by atoms with E-state index in [1.165, 1.54) is 0 Å². The number of aromatic nitrogens is 1. The Hall–Kier alpha value is -2.23. The van der Waals surface area contributed by atoms with E-state index < -0.39 is 0 Å². The third kappa shape index (κ3) is 2.37. The molecule has 0 unspecified atom stereocenters. The van der Waals surface area contributed by atoms with Crippen LogP contribution in [0.15, 0.2) is 36.7 Å². The van der Waals surface area contributed by atoms with Crippen molar-refractivity contribution in [3.8, 4) is 16.9 Å². The first kappa shape index (κ1) is 12.2. The number of hydrogen-bond acceptors (Lipinski definition) is 3. The number of rotatable bonds is 4. The van der Waals surface area contributed by atoms with E-state index in [1.54, 1.807) is 26.4 Å². The van der Waals surface area contributed by atoms with Gasteiger partial charge < -0.3 is 14.5 Å². The highest BCUT2D eigenvalue weighted by Crippen LogP contribution is 2.27. The molecule has 0 saturated heterocycles. The zero-order valence-corrected chi connectivity index (χ0v) is 10.4. The molecule has 0 spiro atoms. The molecule has 1 aromatic heterocycles. The van der Waals surface area contributed by atoms with Gasteiger partial charge in [0, 0.05) is 18.0 Å². The van der Waals surface area contributed by atoms with E-state index in [0.29, 0.717) is 12.2 Å². The van der Waals surface area contributed by atoms with Gasteiger partial charge in [-0.25, -0.2) is 4.79 Å². The lowest BCUT2D eigenvalue weighted by molar-refractivity contribution is 0.0527. The minimum absolute atomic E-state index is 0.323. The molecule has 1 N–H and O–H groups in total. The number of carbonyl (C=O) groups is 1. The van der Waals surface area contributed by atoms with Crippen LogP contribution in [-0.2, 0) is 4.74 Å². The van der Waals surface area contributed by atoms with E-state index in [9.17, 15) is 4.79 Å². The molecule has 4 nitrogen and oxygen atoms in total. The quantitative estimate of drug-likeness (QED) is 0.843. The molecule has 2 aromatic rings. The second kappa shape index (κ2) is 5.40. The van der Waals surface area contributed by atoms with Crippen molar-refractivity contribution in [3.63, 3.8) is 0 Å². The molecule has 0 aliphatic heterocycles. The summed E-state index contributed by atoms with van der Waals surface area (Å²) in [6, 6.07) is 7.55. The van der Waals surface area contributed by atoms with Crippen LogP contribution in [0.1, 0.15) is 17.3 Å². The topological polar surface area (TPSA) is 51.3 Å². The molecule has 4 heteroatoms. The van der Waals surface area contributed by atoms with Crippen LogP contribution < -0.4 is 4.74 Å². The highest BCUT2D eigenvalue weighted by atomic mass is 16.5. The maximum Gasteiger partial charge on any atom is 0.340 e. The molecule has 0 saturated carbocycles. The van der Waals surface area contributed by atoms with E-state index in [1.807, 2.05) is 24.3 Å². The number of nitrogens with one attached hydrogen (secondary N) is 1. The molecule has 94 valence electrons. The number of hydrogen-bond donors (Lipinski definition) is 1. The van der Waals surface area contributed by atoms with Gasteiger partial charge in [-0.15, -0.1) is 0 Å². The van der Waals surface area contributed by atoms with E-state index in [0.717, 1.165) is 16.9 Å². The maximum absolute atomic E-state index is 11.8. The fourth-order valence-corrected chi connectivity index (χ4v) is 1.77. The second-order valence-corrected chi connectivity index (χ2v) is 3.74. The number of ether oxygens (including phenoxy) is 2. The van der Waals surface area contributed by atoms with Crippen LogP contribution in [-0.4, -0.2) is 24.7 Å². The zero-order chi connectivity index (χ0) is 13.0. The van der Waals surface area contributed by atoms with Gasteiger partial charge in [0.05, 0.1) is 19.3 Å². The van der Waals surface area contributed by atoms with Crippen molar-refractivity contribution >= 4 is 5.97 Å². The van der Waals surface area contributed by atoms with Crippen molar-refractivity contribution in [1.29, 1.82) is 0 Å². The highest BCUT2D eigenvalue weighted by Gasteiger charge is 2.15. The minimum atomic E-state index is -0.323. The molecule has 1 aromatic carbocycles. The number of esters is 1. The van der Waals surface area contributed by atoms with E-state index in [-0.39, 0.29) is 5.97 Å². The van der Waals surface area contributed by atoms with Crippen molar-refractivity contribution in [2.75, 3.05) is 13.7 Å². The summed E-state index contributed by atoms with van der Waals surface area (Å²) in [6.07, 6.45) is 3.42. The van der Waals surface area contributed by atoms with Crippen LogP contribution in [0, 0.1) is 0 Å². The normalized spacial score (nSPS) is 10.1. The smallest absolute Gasteiger partial charge is 0.340 e. The fourth-order valence-electron chi connectivity index (χ4n) is 1.77. The lowest BCUT2D eigenvalue weighted by Gasteiger charge is -2.05. The summed E-state index contributed by atoms with van der Waals surface area (Å²) in [5, 5.41) is 0. The molecule has 0 atom stereocenters. The Morgan fingerprint density at radius 2 is 2.17 bits per heavy atom. The highest BCUT2D eigenvalue weighted by molar-refractivity contribution is 5.97. The number of H-pyrrole nitrogens is 1. The van der Waals surface area contributed by atoms with Crippen molar-refractivity contribution in [1.82, 2.24) is 4.98 Å². The summed E-state index contributed by atoms with van der Waals surface area (Å²) in [5.74, 6) is 0.431. The van der Waals surface area contributed by atoms with Crippen LogP contribution in [0.25, 0.3) is 11.1 Å². The Bertz CT molecular complexity index is 545. The van der Waals surface area contributed by atoms with Crippen LogP contribution in [0.4, 0.5) is 0 Å². The maximum atomic E-state index is 11.8. The van der Waals surface area contributed by atoms with Crippen LogP contribution in [0.2, 0.25) is 0 Å². The number of benzene rings is 1. The number of carbonyl (C=O) groups excluding carboxylic acids is 1. The predicted molar refractivity (Wildman–Crippen MR) is 68.7 cm³/mol. The minimum Gasteiger partial charge on any atom is -0.497 e. The van der Waals surface area contributed by atoms with Gasteiger partial charge in [0.25, 0.3) is 0 Å². The molecular formula is C14H15NO3. The molecule has 0 fully saturated rings. The van der Waals surface area contributed by atoms with Gasteiger partial charge >= 0.3 is 5.97 Å². The molecule has 0 aliphatic rings. The number of methoxy groups -OCH3 is 1. The van der Waals surface area contributed by atoms with Gasteiger partial charge in [-0.05, 0) is 24.6 Å². The van der Waals surface area contributed by atoms with Crippen molar-refractivity contribution in [2.24, 2.45) is 0 Å². The van der Waals surface area contributed by atoms with E-state index in [2.05, 4.69) is 4.98 Å². The third-order valence-corrected chi connectivity index (χ3v) is 2.62. The Labute approximate surface area is 106 Å². The largest absolute Gasteiger partial charge is 0.497 e. The zero-order valence-electron chi connectivity index (χ0n) is 10.4. The van der Waals surface area contributed by atoms with Crippen LogP contribution >= 0.6 is 0 Å². The molecule has 0 aliphatic carbocycles. The second-order valence-electron chi connectivity index (χ2n) is 3.74. The Morgan fingerprint density at radius 3 is 2.89 bits per heavy atom. The first-order valence-corrected chi connectivity index (χ1v) is 5.74.